The second-order valence-corrected chi connectivity index (χ2v) is 5.99. The molecule has 0 aliphatic rings. The minimum absolute atomic E-state index is 0.0645. The topological polar surface area (TPSA) is 75.1 Å². The summed E-state index contributed by atoms with van der Waals surface area (Å²) < 4.78 is 0. The maximum absolute atomic E-state index is 12.4. The van der Waals surface area contributed by atoms with Crippen LogP contribution in [0.2, 0.25) is 0 Å². The molecule has 5 nitrogen and oxygen atoms in total. The van der Waals surface area contributed by atoms with E-state index < -0.39 is 0 Å². The molecule has 1 amide bonds. The first-order valence-corrected chi connectivity index (χ1v) is 8.59. The van der Waals surface area contributed by atoms with E-state index in [1.165, 1.54) is 12.4 Å². The highest BCUT2D eigenvalue weighted by atomic mass is 16.3. The fourth-order valence-electron chi connectivity index (χ4n) is 2.77. The van der Waals surface area contributed by atoms with Gasteiger partial charge in [-0.1, -0.05) is 60.7 Å². The number of benzene rings is 2. The Morgan fingerprint density at radius 1 is 0.962 bits per heavy atom. The minimum atomic E-state index is -0.219. The van der Waals surface area contributed by atoms with Crippen LogP contribution in [0, 0.1) is 0 Å². The molecule has 26 heavy (non-hydrogen) atoms. The van der Waals surface area contributed by atoms with Gasteiger partial charge in [0, 0.05) is 37.0 Å². The highest BCUT2D eigenvalue weighted by Gasteiger charge is 2.14. The van der Waals surface area contributed by atoms with Crippen LogP contribution >= 0.6 is 0 Å². The Morgan fingerprint density at radius 3 is 2.19 bits per heavy atom. The Hall–Kier alpha value is -3.05. The van der Waals surface area contributed by atoms with E-state index in [0.29, 0.717) is 24.4 Å². The SMILES string of the molecule is O=C(NCC(CCO)c1ccccc1)c1cnc(-c2ccccc2)nc1. The van der Waals surface area contributed by atoms with E-state index in [4.69, 9.17) is 0 Å². The molecule has 0 bridgehead atoms. The summed E-state index contributed by atoms with van der Waals surface area (Å²) in [4.78, 5) is 20.9. The summed E-state index contributed by atoms with van der Waals surface area (Å²) in [6.45, 7) is 0.522. The molecule has 0 spiro atoms. The first-order chi connectivity index (χ1) is 12.8. The van der Waals surface area contributed by atoms with Crippen LogP contribution in [-0.4, -0.2) is 34.1 Å². The van der Waals surface area contributed by atoms with Gasteiger partial charge in [-0.2, -0.15) is 0 Å². The third kappa shape index (κ3) is 4.52. The second kappa shape index (κ2) is 8.87. The Labute approximate surface area is 152 Å². The number of aliphatic hydroxyl groups excluding tert-OH is 1. The van der Waals surface area contributed by atoms with E-state index in [1.54, 1.807) is 0 Å². The maximum atomic E-state index is 12.4. The van der Waals surface area contributed by atoms with Crippen molar-refractivity contribution in [3.8, 4) is 11.4 Å². The lowest BCUT2D eigenvalue weighted by Crippen LogP contribution is -2.29. The molecule has 3 aromatic rings. The molecule has 0 radical (unpaired) electrons. The van der Waals surface area contributed by atoms with Crippen LogP contribution in [0.15, 0.2) is 73.1 Å². The van der Waals surface area contributed by atoms with Crippen molar-refractivity contribution in [2.75, 3.05) is 13.2 Å². The van der Waals surface area contributed by atoms with Crippen molar-refractivity contribution in [2.45, 2.75) is 12.3 Å². The Morgan fingerprint density at radius 2 is 1.58 bits per heavy atom. The summed E-state index contributed by atoms with van der Waals surface area (Å²) in [6.07, 6.45) is 3.66. The lowest BCUT2D eigenvalue weighted by Gasteiger charge is -2.17. The predicted molar refractivity (Wildman–Crippen MR) is 101 cm³/mol. The number of aromatic nitrogens is 2. The first-order valence-electron chi connectivity index (χ1n) is 8.59. The van der Waals surface area contributed by atoms with E-state index >= 15 is 0 Å². The van der Waals surface area contributed by atoms with Crippen LogP contribution in [-0.2, 0) is 0 Å². The molecule has 1 unspecified atom stereocenters. The largest absolute Gasteiger partial charge is 0.396 e. The lowest BCUT2D eigenvalue weighted by molar-refractivity contribution is 0.0948. The van der Waals surface area contributed by atoms with Crippen molar-refractivity contribution >= 4 is 5.91 Å². The average Bonchev–Trinajstić information content (AvgIpc) is 2.72. The Bertz CT molecular complexity index is 821. The van der Waals surface area contributed by atoms with Gasteiger partial charge in [0.1, 0.15) is 0 Å². The molecular formula is C21H21N3O2. The standard InChI is InChI=1S/C21H21N3O2/c25-12-11-18(16-7-3-1-4-8-16)13-24-21(26)19-14-22-20(23-15-19)17-9-5-2-6-10-17/h1-10,14-15,18,25H,11-13H2,(H,24,26). The molecule has 132 valence electrons. The molecule has 0 saturated heterocycles. The van der Waals surface area contributed by atoms with Crippen molar-refractivity contribution in [3.63, 3.8) is 0 Å². The highest BCUT2D eigenvalue weighted by molar-refractivity contribution is 5.93. The van der Waals surface area contributed by atoms with E-state index in [1.807, 2.05) is 60.7 Å². The fraction of sp³-hybridized carbons (Fsp3) is 0.190. The number of rotatable bonds is 7. The summed E-state index contributed by atoms with van der Waals surface area (Å²) in [5.41, 5.74) is 2.42. The summed E-state index contributed by atoms with van der Waals surface area (Å²) in [7, 11) is 0. The van der Waals surface area contributed by atoms with Crippen molar-refractivity contribution in [3.05, 3.63) is 84.2 Å². The molecule has 0 aliphatic heterocycles. The Balaban J connectivity index is 1.64. The highest BCUT2D eigenvalue weighted by Crippen LogP contribution is 2.18. The third-order valence-corrected chi connectivity index (χ3v) is 4.20. The van der Waals surface area contributed by atoms with Gasteiger partial charge < -0.3 is 10.4 Å². The van der Waals surface area contributed by atoms with Crippen LogP contribution in [0.5, 0.6) is 0 Å². The van der Waals surface area contributed by atoms with Gasteiger partial charge in [-0.05, 0) is 12.0 Å². The normalized spacial score (nSPS) is 11.7. The molecule has 1 aromatic heterocycles. The van der Waals surface area contributed by atoms with Gasteiger partial charge in [-0.25, -0.2) is 9.97 Å². The van der Waals surface area contributed by atoms with E-state index in [-0.39, 0.29) is 18.4 Å². The average molecular weight is 347 g/mol. The zero-order chi connectivity index (χ0) is 18.2. The summed E-state index contributed by atoms with van der Waals surface area (Å²) >= 11 is 0. The van der Waals surface area contributed by atoms with E-state index in [0.717, 1.165) is 11.1 Å². The summed E-state index contributed by atoms with van der Waals surface area (Å²) in [5.74, 6) is 0.433. The van der Waals surface area contributed by atoms with E-state index in [9.17, 15) is 9.90 Å². The molecule has 0 fully saturated rings. The van der Waals surface area contributed by atoms with Crippen LogP contribution in [0.25, 0.3) is 11.4 Å². The number of carbonyl (C=O) groups excluding carboxylic acids is 1. The van der Waals surface area contributed by atoms with Crippen molar-refractivity contribution in [1.29, 1.82) is 0 Å². The number of nitrogens with one attached hydrogen (secondary N) is 1. The van der Waals surface area contributed by atoms with Gasteiger partial charge in [0.05, 0.1) is 5.56 Å². The van der Waals surface area contributed by atoms with Gasteiger partial charge in [0.25, 0.3) is 5.91 Å². The number of hydrogen-bond donors (Lipinski definition) is 2. The van der Waals surface area contributed by atoms with Crippen molar-refractivity contribution < 1.29 is 9.90 Å². The minimum Gasteiger partial charge on any atom is -0.396 e. The number of nitrogens with zero attached hydrogens (tertiary/aromatic N) is 2. The summed E-state index contributed by atoms with van der Waals surface area (Å²) in [5, 5.41) is 12.2. The molecule has 5 heteroatoms. The number of amides is 1. The van der Waals surface area contributed by atoms with Gasteiger partial charge >= 0.3 is 0 Å². The molecule has 1 heterocycles. The number of carbonyl (C=O) groups is 1. The fourth-order valence-corrected chi connectivity index (χ4v) is 2.77. The summed E-state index contributed by atoms with van der Waals surface area (Å²) in [6, 6.07) is 19.5. The zero-order valence-electron chi connectivity index (χ0n) is 14.4. The smallest absolute Gasteiger partial charge is 0.254 e. The first kappa shape index (κ1) is 17.8. The van der Waals surface area contributed by atoms with Crippen LogP contribution in [0.3, 0.4) is 0 Å². The number of hydrogen-bond acceptors (Lipinski definition) is 4. The molecule has 2 N–H and O–H groups in total. The van der Waals surface area contributed by atoms with Gasteiger partial charge in [0.2, 0.25) is 0 Å². The molecule has 2 aromatic carbocycles. The maximum Gasteiger partial charge on any atom is 0.254 e. The molecular weight excluding hydrogens is 326 g/mol. The predicted octanol–water partition coefficient (Wildman–Crippen LogP) is 3.04. The van der Waals surface area contributed by atoms with Gasteiger partial charge in [-0.3, -0.25) is 4.79 Å². The quantitative estimate of drug-likeness (QED) is 0.689. The van der Waals surface area contributed by atoms with Crippen LogP contribution < -0.4 is 5.32 Å². The van der Waals surface area contributed by atoms with Crippen LogP contribution in [0.4, 0.5) is 0 Å². The second-order valence-electron chi connectivity index (χ2n) is 5.99. The number of aliphatic hydroxyl groups is 1. The van der Waals surface area contributed by atoms with Crippen molar-refractivity contribution in [2.24, 2.45) is 0 Å². The lowest BCUT2D eigenvalue weighted by atomic mass is 9.96. The van der Waals surface area contributed by atoms with Gasteiger partial charge in [0.15, 0.2) is 5.82 Å². The Kier molecular flexibility index (Phi) is 6.06. The third-order valence-electron chi connectivity index (χ3n) is 4.20. The molecule has 0 saturated carbocycles. The van der Waals surface area contributed by atoms with Crippen LogP contribution in [0.1, 0.15) is 28.3 Å². The van der Waals surface area contributed by atoms with E-state index in [2.05, 4.69) is 15.3 Å². The van der Waals surface area contributed by atoms with Crippen molar-refractivity contribution in [1.82, 2.24) is 15.3 Å². The molecule has 3 rings (SSSR count). The molecule has 1 atom stereocenters. The monoisotopic (exact) mass is 347 g/mol. The van der Waals surface area contributed by atoms with Gasteiger partial charge in [-0.15, -0.1) is 0 Å². The zero-order valence-corrected chi connectivity index (χ0v) is 14.4. The molecule has 0 aliphatic carbocycles.